The van der Waals surface area contributed by atoms with Gasteiger partial charge in [0.05, 0.1) is 6.10 Å². The van der Waals surface area contributed by atoms with E-state index in [2.05, 4.69) is 34.2 Å². The predicted octanol–water partition coefficient (Wildman–Crippen LogP) is 1.25. The van der Waals surface area contributed by atoms with Crippen LogP contribution in [0.3, 0.4) is 0 Å². The van der Waals surface area contributed by atoms with Crippen LogP contribution in [0.25, 0.3) is 5.78 Å². The van der Waals surface area contributed by atoms with E-state index in [4.69, 9.17) is 0 Å². The van der Waals surface area contributed by atoms with Gasteiger partial charge in [-0.05, 0) is 19.3 Å². The van der Waals surface area contributed by atoms with Gasteiger partial charge in [-0.2, -0.15) is 14.6 Å². The van der Waals surface area contributed by atoms with Crippen molar-refractivity contribution in [1.82, 2.24) is 19.6 Å². The van der Waals surface area contributed by atoms with Crippen molar-refractivity contribution in [3.63, 3.8) is 0 Å². The number of aliphatic hydroxyl groups is 1. The molecule has 0 amide bonds. The van der Waals surface area contributed by atoms with Crippen molar-refractivity contribution < 1.29 is 5.11 Å². The summed E-state index contributed by atoms with van der Waals surface area (Å²) in [5.74, 6) is 1.85. The molecule has 0 aliphatic heterocycles. The Labute approximate surface area is 106 Å². The number of aliphatic hydroxyl groups excluding tert-OH is 1. The van der Waals surface area contributed by atoms with Gasteiger partial charge in [0.1, 0.15) is 12.1 Å². The molecule has 0 spiro atoms. The van der Waals surface area contributed by atoms with E-state index in [1.807, 2.05) is 13.0 Å². The minimum absolute atomic E-state index is 0.364. The lowest BCUT2D eigenvalue weighted by Crippen LogP contribution is -2.22. The first-order chi connectivity index (χ1) is 8.56. The Bertz CT molecular complexity index is 522. The second-order valence-corrected chi connectivity index (χ2v) is 4.92. The van der Waals surface area contributed by atoms with Gasteiger partial charge >= 0.3 is 0 Å². The van der Waals surface area contributed by atoms with Crippen LogP contribution < -0.4 is 5.32 Å². The molecular weight excluding hydrogens is 230 g/mol. The molecule has 0 aromatic carbocycles. The summed E-state index contributed by atoms with van der Waals surface area (Å²) in [4.78, 5) is 8.31. The first-order valence-electron chi connectivity index (χ1n) is 6.15. The van der Waals surface area contributed by atoms with Gasteiger partial charge in [0, 0.05) is 18.3 Å². The molecule has 1 atom stereocenters. The Morgan fingerprint density at radius 1 is 1.44 bits per heavy atom. The highest BCUT2D eigenvalue weighted by Crippen LogP contribution is 2.11. The van der Waals surface area contributed by atoms with Crippen LogP contribution >= 0.6 is 0 Å². The van der Waals surface area contributed by atoms with Crippen LogP contribution in [0, 0.1) is 12.8 Å². The van der Waals surface area contributed by atoms with Crippen molar-refractivity contribution in [3.8, 4) is 0 Å². The fourth-order valence-electron chi connectivity index (χ4n) is 1.91. The zero-order valence-electron chi connectivity index (χ0n) is 11.0. The van der Waals surface area contributed by atoms with Crippen LogP contribution in [0.1, 0.15) is 26.0 Å². The molecule has 0 aliphatic rings. The van der Waals surface area contributed by atoms with Gasteiger partial charge in [-0.25, -0.2) is 4.98 Å². The molecule has 98 valence electrons. The van der Waals surface area contributed by atoms with Crippen LogP contribution in [0.4, 0.5) is 5.82 Å². The maximum absolute atomic E-state index is 9.85. The first-order valence-corrected chi connectivity index (χ1v) is 6.15. The largest absolute Gasteiger partial charge is 0.391 e. The van der Waals surface area contributed by atoms with E-state index in [1.165, 1.54) is 6.33 Å². The van der Waals surface area contributed by atoms with Crippen LogP contribution in [-0.2, 0) is 0 Å². The number of aryl methyl sites for hydroxylation is 1. The van der Waals surface area contributed by atoms with Crippen LogP contribution in [-0.4, -0.2) is 37.3 Å². The van der Waals surface area contributed by atoms with Gasteiger partial charge in [-0.1, -0.05) is 13.8 Å². The Balaban J connectivity index is 2.09. The standard InChI is InChI=1S/C12H19N5O/c1-8(2)4-10(18)6-13-11-5-9(3)16-12-14-7-15-17(11)12/h5,7-8,10,13,18H,4,6H2,1-3H3. The molecule has 0 radical (unpaired) electrons. The number of aromatic nitrogens is 4. The SMILES string of the molecule is Cc1cc(NCC(O)CC(C)C)n2ncnc2n1. The number of nitrogens with zero attached hydrogens (tertiary/aromatic N) is 4. The monoisotopic (exact) mass is 249 g/mol. The van der Waals surface area contributed by atoms with Crippen molar-refractivity contribution >= 4 is 11.6 Å². The lowest BCUT2D eigenvalue weighted by atomic mass is 10.1. The minimum Gasteiger partial charge on any atom is -0.391 e. The zero-order valence-corrected chi connectivity index (χ0v) is 11.0. The van der Waals surface area contributed by atoms with Crippen LogP contribution in [0.2, 0.25) is 0 Å². The number of anilines is 1. The normalized spacial score (nSPS) is 13.2. The van der Waals surface area contributed by atoms with Crippen molar-refractivity contribution in [2.75, 3.05) is 11.9 Å². The van der Waals surface area contributed by atoms with Gasteiger partial charge in [0.2, 0.25) is 0 Å². The summed E-state index contributed by atoms with van der Waals surface area (Å²) >= 11 is 0. The van der Waals surface area contributed by atoms with E-state index in [0.717, 1.165) is 17.9 Å². The first kappa shape index (κ1) is 12.8. The molecule has 6 heteroatoms. The third kappa shape index (κ3) is 2.95. The Kier molecular flexibility index (Phi) is 3.76. The summed E-state index contributed by atoms with van der Waals surface area (Å²) in [5, 5.41) is 17.1. The molecular formula is C12H19N5O. The fraction of sp³-hybridized carbons (Fsp3) is 0.583. The molecule has 2 heterocycles. The van der Waals surface area contributed by atoms with Crippen molar-refractivity contribution in [2.24, 2.45) is 5.92 Å². The molecule has 2 rings (SSSR count). The van der Waals surface area contributed by atoms with Gasteiger partial charge in [-0.3, -0.25) is 0 Å². The van der Waals surface area contributed by atoms with E-state index in [-0.39, 0.29) is 6.10 Å². The van der Waals surface area contributed by atoms with Crippen molar-refractivity contribution in [3.05, 3.63) is 18.1 Å². The summed E-state index contributed by atoms with van der Waals surface area (Å²) in [5.41, 5.74) is 0.872. The molecule has 2 aromatic rings. The fourth-order valence-corrected chi connectivity index (χ4v) is 1.91. The second-order valence-electron chi connectivity index (χ2n) is 4.92. The summed E-state index contributed by atoms with van der Waals surface area (Å²) in [6.45, 7) is 6.59. The van der Waals surface area contributed by atoms with Crippen molar-refractivity contribution in [1.29, 1.82) is 0 Å². The highest BCUT2D eigenvalue weighted by atomic mass is 16.3. The topological polar surface area (TPSA) is 75.3 Å². The average molecular weight is 249 g/mol. The van der Waals surface area contributed by atoms with Crippen molar-refractivity contribution in [2.45, 2.75) is 33.3 Å². The molecule has 1 unspecified atom stereocenters. The highest BCUT2D eigenvalue weighted by Gasteiger charge is 2.09. The zero-order chi connectivity index (χ0) is 13.1. The summed E-state index contributed by atoms with van der Waals surface area (Å²) in [7, 11) is 0. The Hall–Kier alpha value is -1.69. The van der Waals surface area contributed by atoms with E-state index in [1.54, 1.807) is 4.52 Å². The molecule has 6 nitrogen and oxygen atoms in total. The van der Waals surface area contributed by atoms with E-state index in [9.17, 15) is 5.11 Å². The third-order valence-corrected chi connectivity index (χ3v) is 2.64. The number of rotatable bonds is 5. The quantitative estimate of drug-likeness (QED) is 0.834. The maximum Gasteiger partial charge on any atom is 0.254 e. The van der Waals surface area contributed by atoms with Gasteiger partial charge in [0.25, 0.3) is 5.78 Å². The molecule has 0 bridgehead atoms. The summed E-state index contributed by atoms with van der Waals surface area (Å²) in [6.07, 6.45) is 1.88. The summed E-state index contributed by atoms with van der Waals surface area (Å²) in [6, 6.07) is 1.89. The van der Waals surface area contributed by atoms with E-state index in [0.29, 0.717) is 18.2 Å². The predicted molar refractivity (Wildman–Crippen MR) is 69.5 cm³/mol. The average Bonchev–Trinajstić information content (AvgIpc) is 2.72. The molecule has 18 heavy (non-hydrogen) atoms. The molecule has 0 fully saturated rings. The molecule has 2 N–H and O–H groups in total. The van der Waals surface area contributed by atoms with Gasteiger partial charge in [-0.15, -0.1) is 0 Å². The molecule has 0 saturated carbocycles. The minimum atomic E-state index is -0.364. The van der Waals surface area contributed by atoms with Gasteiger partial charge in [0.15, 0.2) is 0 Å². The van der Waals surface area contributed by atoms with Crippen LogP contribution in [0.15, 0.2) is 12.4 Å². The smallest absolute Gasteiger partial charge is 0.254 e. The highest BCUT2D eigenvalue weighted by molar-refractivity contribution is 5.44. The van der Waals surface area contributed by atoms with E-state index >= 15 is 0 Å². The van der Waals surface area contributed by atoms with E-state index < -0.39 is 0 Å². The van der Waals surface area contributed by atoms with Gasteiger partial charge < -0.3 is 10.4 Å². The Morgan fingerprint density at radius 3 is 2.94 bits per heavy atom. The number of nitrogens with one attached hydrogen (secondary N) is 1. The lowest BCUT2D eigenvalue weighted by Gasteiger charge is -2.15. The summed E-state index contributed by atoms with van der Waals surface area (Å²) < 4.78 is 1.63. The lowest BCUT2D eigenvalue weighted by molar-refractivity contribution is 0.161. The molecule has 2 aromatic heterocycles. The Morgan fingerprint density at radius 2 is 2.22 bits per heavy atom. The third-order valence-electron chi connectivity index (χ3n) is 2.64. The maximum atomic E-state index is 9.85. The molecule has 0 saturated heterocycles. The number of hydrogen-bond acceptors (Lipinski definition) is 5. The second kappa shape index (κ2) is 5.30. The number of fused-ring (bicyclic) bond motifs is 1. The molecule has 0 aliphatic carbocycles. The number of hydrogen-bond donors (Lipinski definition) is 2. The van der Waals surface area contributed by atoms with Crippen LogP contribution in [0.5, 0.6) is 0 Å².